The van der Waals surface area contributed by atoms with Gasteiger partial charge in [-0.1, -0.05) is 17.3 Å². The number of methoxy groups -OCH3 is 1. The van der Waals surface area contributed by atoms with Crippen molar-refractivity contribution in [3.05, 3.63) is 34.6 Å². The lowest BCUT2D eigenvalue weighted by molar-refractivity contribution is 0.0960. The molecule has 24 heavy (non-hydrogen) atoms. The van der Waals surface area contributed by atoms with Crippen molar-refractivity contribution in [3.8, 4) is 0 Å². The average Bonchev–Trinajstić information content (AvgIpc) is 2.93. The summed E-state index contributed by atoms with van der Waals surface area (Å²) >= 11 is 0. The van der Waals surface area contributed by atoms with Crippen molar-refractivity contribution >= 4 is 20.7 Å². The van der Waals surface area contributed by atoms with E-state index in [2.05, 4.69) is 10.3 Å². The predicted molar refractivity (Wildman–Crippen MR) is 89.4 cm³/mol. The summed E-state index contributed by atoms with van der Waals surface area (Å²) in [6.07, 6.45) is 0.557. The van der Waals surface area contributed by atoms with Gasteiger partial charge in [-0.05, 0) is 18.6 Å². The van der Waals surface area contributed by atoms with Gasteiger partial charge >= 0.3 is 0 Å². The molecule has 9 heteroatoms. The van der Waals surface area contributed by atoms with Crippen LogP contribution in [-0.2, 0) is 21.2 Å². The van der Waals surface area contributed by atoms with Gasteiger partial charge < -0.3 is 4.74 Å². The summed E-state index contributed by atoms with van der Waals surface area (Å²) in [7, 11) is -1.42. The fraction of sp³-hybridized carbons (Fsp3) is 0.533. The Balaban J connectivity index is 1.87. The van der Waals surface area contributed by atoms with E-state index in [1.807, 2.05) is 4.90 Å². The molecule has 0 unspecified atom stereocenters. The van der Waals surface area contributed by atoms with Gasteiger partial charge in [0.2, 0.25) is 0 Å². The summed E-state index contributed by atoms with van der Waals surface area (Å²) in [6.45, 7) is 1.17. The quantitative estimate of drug-likeness (QED) is 0.715. The maximum absolute atomic E-state index is 12.6. The van der Waals surface area contributed by atoms with Crippen LogP contribution in [0.25, 0.3) is 10.9 Å². The van der Waals surface area contributed by atoms with E-state index >= 15 is 0 Å². The van der Waals surface area contributed by atoms with E-state index in [0.29, 0.717) is 30.5 Å². The Kier molecular flexibility index (Phi) is 4.93. The van der Waals surface area contributed by atoms with Gasteiger partial charge in [0.1, 0.15) is 5.52 Å². The summed E-state index contributed by atoms with van der Waals surface area (Å²) in [5.41, 5.74) is 0.314. The van der Waals surface area contributed by atoms with E-state index in [1.165, 1.54) is 4.68 Å². The molecule has 1 aromatic carbocycles. The number of nitrogens with zero attached hydrogens (tertiary/aromatic N) is 4. The van der Waals surface area contributed by atoms with E-state index < -0.39 is 9.84 Å². The Morgan fingerprint density at radius 1 is 1.38 bits per heavy atom. The molecule has 0 amide bonds. The van der Waals surface area contributed by atoms with Gasteiger partial charge in [0.05, 0.1) is 30.2 Å². The van der Waals surface area contributed by atoms with Gasteiger partial charge in [-0.2, -0.15) is 4.68 Å². The van der Waals surface area contributed by atoms with Crippen molar-refractivity contribution < 1.29 is 13.2 Å². The highest BCUT2D eigenvalue weighted by atomic mass is 32.2. The molecule has 0 saturated carbocycles. The van der Waals surface area contributed by atoms with Crippen LogP contribution in [-0.4, -0.2) is 66.1 Å². The standard InChI is InChI=1S/C15H20N4O4S/c1-23-8-7-18(12-6-9-24(21,22)10-12)11-19-15(20)13-4-2-3-5-14(13)16-17-19/h2-5,12H,6-11H2,1H3/t12-/m1/s1. The molecule has 0 N–H and O–H groups in total. The summed E-state index contributed by atoms with van der Waals surface area (Å²) in [5.74, 6) is 0.284. The Hall–Kier alpha value is -1.84. The van der Waals surface area contributed by atoms with Gasteiger partial charge in [-0.3, -0.25) is 9.69 Å². The van der Waals surface area contributed by atoms with Gasteiger partial charge in [-0.15, -0.1) is 5.10 Å². The van der Waals surface area contributed by atoms with Gasteiger partial charge in [0.25, 0.3) is 5.56 Å². The maximum atomic E-state index is 12.6. The number of fused-ring (bicyclic) bond motifs is 1. The molecule has 2 heterocycles. The lowest BCUT2D eigenvalue weighted by atomic mass is 10.2. The minimum Gasteiger partial charge on any atom is -0.383 e. The molecule has 1 fully saturated rings. The molecule has 1 aliphatic rings. The van der Waals surface area contributed by atoms with Crippen LogP contribution in [0.4, 0.5) is 0 Å². The molecule has 0 bridgehead atoms. The van der Waals surface area contributed by atoms with Crippen LogP contribution < -0.4 is 5.56 Å². The van der Waals surface area contributed by atoms with E-state index in [0.717, 1.165) is 0 Å². The Labute approximate surface area is 139 Å². The Morgan fingerprint density at radius 2 is 2.17 bits per heavy atom. The molecule has 2 aromatic rings. The minimum absolute atomic E-state index is 0.104. The topological polar surface area (TPSA) is 94.4 Å². The number of ether oxygens (including phenoxy) is 1. The average molecular weight is 352 g/mol. The zero-order chi connectivity index (χ0) is 17.2. The van der Waals surface area contributed by atoms with Crippen molar-refractivity contribution in [2.45, 2.75) is 19.1 Å². The van der Waals surface area contributed by atoms with Crippen LogP contribution in [0.3, 0.4) is 0 Å². The van der Waals surface area contributed by atoms with E-state index in [9.17, 15) is 13.2 Å². The van der Waals surface area contributed by atoms with E-state index in [-0.39, 0.29) is 29.8 Å². The monoisotopic (exact) mass is 352 g/mol. The van der Waals surface area contributed by atoms with Crippen LogP contribution in [0.15, 0.2) is 29.1 Å². The molecule has 0 aliphatic carbocycles. The number of hydrogen-bond donors (Lipinski definition) is 0. The normalized spacial score (nSPS) is 20.0. The fourth-order valence-electron chi connectivity index (χ4n) is 2.93. The van der Waals surface area contributed by atoms with Crippen LogP contribution >= 0.6 is 0 Å². The Morgan fingerprint density at radius 3 is 2.88 bits per heavy atom. The second-order valence-corrected chi connectivity index (χ2v) is 8.14. The van der Waals surface area contributed by atoms with Crippen LogP contribution in [0.5, 0.6) is 0 Å². The smallest absolute Gasteiger partial charge is 0.278 e. The highest BCUT2D eigenvalue weighted by molar-refractivity contribution is 7.91. The molecule has 0 radical (unpaired) electrons. The minimum atomic E-state index is -3.01. The second-order valence-electron chi connectivity index (χ2n) is 5.91. The molecule has 3 rings (SSSR count). The number of benzene rings is 1. The number of rotatable bonds is 6. The molecule has 130 valence electrons. The van der Waals surface area contributed by atoms with Crippen LogP contribution in [0.2, 0.25) is 0 Å². The van der Waals surface area contributed by atoms with Crippen LogP contribution in [0, 0.1) is 0 Å². The molecule has 0 spiro atoms. The molecule has 1 aliphatic heterocycles. The summed E-state index contributed by atoms with van der Waals surface area (Å²) < 4.78 is 29.9. The summed E-state index contributed by atoms with van der Waals surface area (Å²) in [4.78, 5) is 14.5. The number of sulfone groups is 1. The highest BCUT2D eigenvalue weighted by Crippen LogP contribution is 2.18. The van der Waals surface area contributed by atoms with Gasteiger partial charge in [0.15, 0.2) is 9.84 Å². The summed E-state index contributed by atoms with van der Waals surface area (Å²) in [5, 5.41) is 8.55. The largest absolute Gasteiger partial charge is 0.383 e. The van der Waals surface area contributed by atoms with Crippen molar-refractivity contribution in [1.29, 1.82) is 0 Å². The van der Waals surface area contributed by atoms with Crippen molar-refractivity contribution in [1.82, 2.24) is 19.9 Å². The Bertz CT molecular complexity index is 880. The van der Waals surface area contributed by atoms with Gasteiger partial charge in [0, 0.05) is 19.7 Å². The lowest BCUT2D eigenvalue weighted by Crippen LogP contribution is -2.43. The first-order valence-electron chi connectivity index (χ1n) is 7.76. The van der Waals surface area contributed by atoms with Gasteiger partial charge in [-0.25, -0.2) is 8.42 Å². The fourth-order valence-corrected chi connectivity index (χ4v) is 4.69. The van der Waals surface area contributed by atoms with E-state index in [4.69, 9.17) is 4.74 Å². The molecule has 1 atom stereocenters. The number of hydrogen-bond acceptors (Lipinski definition) is 7. The molecule has 1 aromatic heterocycles. The van der Waals surface area contributed by atoms with E-state index in [1.54, 1.807) is 31.4 Å². The van der Waals surface area contributed by atoms with Crippen LogP contribution in [0.1, 0.15) is 6.42 Å². The maximum Gasteiger partial charge on any atom is 0.278 e. The van der Waals surface area contributed by atoms with Crippen molar-refractivity contribution in [2.24, 2.45) is 0 Å². The lowest BCUT2D eigenvalue weighted by Gasteiger charge is -2.27. The molecule has 8 nitrogen and oxygen atoms in total. The number of aromatic nitrogens is 3. The second kappa shape index (κ2) is 6.96. The zero-order valence-electron chi connectivity index (χ0n) is 13.5. The molecular weight excluding hydrogens is 332 g/mol. The summed E-state index contributed by atoms with van der Waals surface area (Å²) in [6, 6.07) is 6.89. The predicted octanol–water partition coefficient (Wildman–Crippen LogP) is -0.115. The molecule has 1 saturated heterocycles. The highest BCUT2D eigenvalue weighted by Gasteiger charge is 2.32. The first-order chi connectivity index (χ1) is 11.5. The zero-order valence-corrected chi connectivity index (χ0v) is 14.3. The van der Waals surface area contributed by atoms with Crippen molar-refractivity contribution in [3.63, 3.8) is 0 Å². The third kappa shape index (κ3) is 3.63. The first-order valence-corrected chi connectivity index (χ1v) is 9.58. The SMILES string of the molecule is COCCN(Cn1nnc2ccccc2c1=O)[C@@H]1CCS(=O)(=O)C1. The van der Waals surface area contributed by atoms with Crippen molar-refractivity contribution in [2.75, 3.05) is 31.8 Å². The third-order valence-corrected chi connectivity index (χ3v) is 6.00. The third-order valence-electron chi connectivity index (χ3n) is 4.25. The first kappa shape index (κ1) is 17.0. The molecular formula is C15H20N4O4S.